The molecule has 166 valence electrons. The third-order valence-corrected chi connectivity index (χ3v) is 3.11. The fraction of sp³-hybridized carbons (Fsp3) is 0.300. The van der Waals surface area contributed by atoms with Crippen LogP contribution in [0.3, 0.4) is 0 Å². The predicted octanol–water partition coefficient (Wildman–Crippen LogP) is 1.18. The van der Waals surface area contributed by atoms with E-state index in [1.807, 2.05) is 0 Å². The summed E-state index contributed by atoms with van der Waals surface area (Å²) in [5, 5.41) is 51.1. The van der Waals surface area contributed by atoms with E-state index in [4.69, 9.17) is 40.1 Å². The molecule has 30 heavy (non-hydrogen) atoms. The summed E-state index contributed by atoms with van der Waals surface area (Å²) >= 11 is 0. The number of aromatic carboxylic acids is 2. The number of carboxylic acids is 2. The van der Waals surface area contributed by atoms with Gasteiger partial charge in [0.25, 0.3) is 0 Å². The standard InChI is InChI=1S/2C7H6O3.C6H14O4/c2*8-6-4-2-1-3-5(6)7(9)10;7-1-3-9-5-6-10-4-2-8/h2*1-4,8H,(H,9,10);7-8H,1-6H2. The first-order chi connectivity index (χ1) is 14.3. The number of aliphatic hydroxyl groups excluding tert-OH is 2. The van der Waals surface area contributed by atoms with Crippen LogP contribution >= 0.6 is 0 Å². The second-order valence-electron chi connectivity index (χ2n) is 5.32. The van der Waals surface area contributed by atoms with Crippen molar-refractivity contribution >= 4 is 11.9 Å². The smallest absolute Gasteiger partial charge is 0.339 e. The summed E-state index contributed by atoms with van der Waals surface area (Å²) in [5.41, 5.74) is -0.134. The van der Waals surface area contributed by atoms with Crippen LogP contribution in [0.5, 0.6) is 11.5 Å². The molecule has 10 heteroatoms. The zero-order valence-corrected chi connectivity index (χ0v) is 16.2. The van der Waals surface area contributed by atoms with Gasteiger partial charge in [0.15, 0.2) is 0 Å². The number of para-hydroxylation sites is 2. The van der Waals surface area contributed by atoms with Gasteiger partial charge in [-0.1, -0.05) is 24.3 Å². The van der Waals surface area contributed by atoms with E-state index in [-0.39, 0.29) is 35.8 Å². The third-order valence-electron chi connectivity index (χ3n) is 3.11. The molecular weight excluding hydrogens is 400 g/mol. The second-order valence-corrected chi connectivity index (χ2v) is 5.32. The van der Waals surface area contributed by atoms with Gasteiger partial charge in [0.2, 0.25) is 0 Å². The van der Waals surface area contributed by atoms with Gasteiger partial charge in [0, 0.05) is 0 Å². The summed E-state index contributed by atoms with van der Waals surface area (Å²) in [4.78, 5) is 20.5. The molecule has 0 atom stereocenters. The van der Waals surface area contributed by atoms with E-state index in [1.165, 1.54) is 24.3 Å². The summed E-state index contributed by atoms with van der Waals surface area (Å²) in [7, 11) is 0. The van der Waals surface area contributed by atoms with E-state index in [0.29, 0.717) is 26.4 Å². The van der Waals surface area contributed by atoms with E-state index in [1.54, 1.807) is 24.3 Å². The first-order valence-corrected chi connectivity index (χ1v) is 8.74. The molecule has 0 spiro atoms. The lowest BCUT2D eigenvalue weighted by Gasteiger charge is -2.01. The van der Waals surface area contributed by atoms with Crippen LogP contribution in [0, 0.1) is 0 Å². The molecule has 0 saturated heterocycles. The highest BCUT2D eigenvalue weighted by atomic mass is 16.5. The number of aromatic hydroxyl groups is 2. The van der Waals surface area contributed by atoms with Crippen molar-refractivity contribution in [3.63, 3.8) is 0 Å². The van der Waals surface area contributed by atoms with Crippen LogP contribution < -0.4 is 0 Å². The Kier molecular flexibility index (Phi) is 15.0. The summed E-state index contributed by atoms with van der Waals surface area (Å²) in [5.74, 6) is -2.62. The fourth-order valence-electron chi connectivity index (χ4n) is 1.76. The lowest BCUT2D eigenvalue weighted by molar-refractivity contribution is 0.0222. The average molecular weight is 426 g/mol. The number of rotatable bonds is 9. The fourth-order valence-corrected chi connectivity index (χ4v) is 1.76. The summed E-state index contributed by atoms with van der Waals surface area (Å²) in [6.45, 7) is 1.73. The van der Waals surface area contributed by atoms with Crippen LogP contribution in [-0.4, -0.2) is 82.2 Å². The van der Waals surface area contributed by atoms with Crippen LogP contribution in [0.15, 0.2) is 48.5 Å². The lowest BCUT2D eigenvalue weighted by atomic mass is 10.2. The van der Waals surface area contributed by atoms with Gasteiger partial charge in [0.05, 0.1) is 39.6 Å². The minimum absolute atomic E-state index is 0.0417. The van der Waals surface area contributed by atoms with Crippen LogP contribution in [0.1, 0.15) is 20.7 Å². The quantitative estimate of drug-likeness (QED) is 0.320. The molecule has 0 bridgehead atoms. The average Bonchev–Trinajstić information content (AvgIpc) is 2.72. The van der Waals surface area contributed by atoms with Crippen molar-refractivity contribution in [2.24, 2.45) is 0 Å². The number of benzene rings is 2. The van der Waals surface area contributed by atoms with E-state index in [2.05, 4.69) is 0 Å². The van der Waals surface area contributed by atoms with Crippen LogP contribution in [0.2, 0.25) is 0 Å². The number of ether oxygens (including phenoxy) is 2. The van der Waals surface area contributed by atoms with Crippen molar-refractivity contribution in [1.29, 1.82) is 0 Å². The summed E-state index contributed by atoms with van der Waals surface area (Å²) < 4.78 is 9.75. The number of hydrogen-bond donors (Lipinski definition) is 6. The van der Waals surface area contributed by atoms with Crippen molar-refractivity contribution in [2.45, 2.75) is 0 Å². The van der Waals surface area contributed by atoms with Gasteiger partial charge in [-0.2, -0.15) is 0 Å². The minimum Gasteiger partial charge on any atom is -0.507 e. The van der Waals surface area contributed by atoms with Gasteiger partial charge in [-0.3, -0.25) is 0 Å². The molecule has 0 heterocycles. The highest BCUT2D eigenvalue weighted by molar-refractivity contribution is 5.91. The molecule has 0 aromatic heterocycles. The molecule has 6 N–H and O–H groups in total. The Hall–Kier alpha value is -3.18. The number of phenols is 2. The van der Waals surface area contributed by atoms with Crippen molar-refractivity contribution < 1.29 is 49.7 Å². The Morgan fingerprint density at radius 1 is 0.633 bits per heavy atom. The third kappa shape index (κ3) is 12.3. The van der Waals surface area contributed by atoms with Crippen molar-refractivity contribution in [2.75, 3.05) is 39.6 Å². The Bertz CT molecular complexity index is 684. The van der Waals surface area contributed by atoms with E-state index >= 15 is 0 Å². The Labute approximate surface area is 173 Å². The monoisotopic (exact) mass is 426 g/mol. The van der Waals surface area contributed by atoms with Gasteiger partial charge in [-0.05, 0) is 24.3 Å². The molecule has 2 aromatic rings. The molecule has 0 aliphatic carbocycles. The predicted molar refractivity (Wildman–Crippen MR) is 106 cm³/mol. The second kappa shape index (κ2) is 16.7. The number of hydrogen-bond acceptors (Lipinski definition) is 8. The largest absolute Gasteiger partial charge is 0.507 e. The first kappa shape index (κ1) is 26.8. The zero-order chi connectivity index (χ0) is 22.8. The Morgan fingerprint density at radius 3 is 1.20 bits per heavy atom. The molecule has 0 saturated carbocycles. The number of carbonyl (C=O) groups is 2. The molecular formula is C20H26O10. The van der Waals surface area contributed by atoms with Gasteiger partial charge in [-0.25, -0.2) is 9.59 Å². The van der Waals surface area contributed by atoms with Gasteiger partial charge < -0.3 is 40.1 Å². The van der Waals surface area contributed by atoms with Crippen molar-refractivity contribution in [1.82, 2.24) is 0 Å². The van der Waals surface area contributed by atoms with Crippen molar-refractivity contribution in [3.05, 3.63) is 59.7 Å². The maximum absolute atomic E-state index is 10.3. The normalized spacial score (nSPS) is 9.53. The molecule has 0 amide bonds. The van der Waals surface area contributed by atoms with Crippen molar-refractivity contribution in [3.8, 4) is 11.5 Å². The molecule has 0 aliphatic rings. The van der Waals surface area contributed by atoms with Gasteiger partial charge >= 0.3 is 11.9 Å². The SMILES string of the molecule is O=C(O)c1ccccc1O.O=C(O)c1ccccc1O.OCCOCCOCCO. The van der Waals surface area contributed by atoms with Crippen LogP contribution in [-0.2, 0) is 9.47 Å². The van der Waals surface area contributed by atoms with Gasteiger partial charge in [0.1, 0.15) is 22.6 Å². The molecule has 0 radical (unpaired) electrons. The molecule has 0 unspecified atom stereocenters. The molecule has 10 nitrogen and oxygen atoms in total. The van der Waals surface area contributed by atoms with Gasteiger partial charge in [-0.15, -0.1) is 0 Å². The van der Waals surface area contributed by atoms with Crippen LogP contribution in [0.4, 0.5) is 0 Å². The molecule has 2 aromatic carbocycles. The molecule has 0 aliphatic heterocycles. The lowest BCUT2D eigenvalue weighted by Crippen LogP contribution is -2.09. The maximum atomic E-state index is 10.3. The van der Waals surface area contributed by atoms with Crippen LogP contribution in [0.25, 0.3) is 0 Å². The number of carboxylic acid groups (broad SMARTS) is 2. The minimum atomic E-state index is -1.11. The molecule has 2 rings (SSSR count). The maximum Gasteiger partial charge on any atom is 0.339 e. The summed E-state index contributed by atoms with van der Waals surface area (Å²) in [6, 6.07) is 11.6. The van der Waals surface area contributed by atoms with E-state index in [0.717, 1.165) is 0 Å². The highest BCUT2D eigenvalue weighted by Gasteiger charge is 2.06. The topological polar surface area (TPSA) is 174 Å². The highest BCUT2D eigenvalue weighted by Crippen LogP contribution is 2.15. The Balaban J connectivity index is 0.000000420. The first-order valence-electron chi connectivity index (χ1n) is 8.74. The summed E-state index contributed by atoms with van der Waals surface area (Å²) in [6.07, 6.45) is 0. The van der Waals surface area contributed by atoms with E-state index in [9.17, 15) is 9.59 Å². The number of aliphatic hydroxyl groups is 2. The van der Waals surface area contributed by atoms with E-state index < -0.39 is 11.9 Å². The zero-order valence-electron chi connectivity index (χ0n) is 16.2. The Morgan fingerprint density at radius 2 is 0.967 bits per heavy atom. The molecule has 0 fully saturated rings.